The van der Waals surface area contributed by atoms with Crippen LogP contribution in [0.2, 0.25) is 0 Å². The molecule has 4 heteroatoms. The van der Waals surface area contributed by atoms with Gasteiger partial charge >= 0.3 is 7.60 Å². The Balaban J connectivity index is 3.03. The molecule has 0 aliphatic heterocycles. The standard InChI is InChI=1S/C27H57O3P/c1-2-3-4-5-6-7-8-9-10-11-12-13-14-15-16-17-18-19-20-21-22-23-24-25-26-27-31(28,29)30/h2-27H2,1H3,(H2,28,29,30). The van der Waals surface area contributed by atoms with E-state index < -0.39 is 7.60 Å². The Kier molecular flexibility index (Phi) is 24.9. The third-order valence-electron chi connectivity index (χ3n) is 6.55. The number of hydrogen-bond donors (Lipinski definition) is 2. The van der Waals surface area contributed by atoms with Crippen LogP contribution < -0.4 is 0 Å². The van der Waals surface area contributed by atoms with E-state index in [0.29, 0.717) is 6.42 Å². The Morgan fingerprint density at radius 3 is 0.774 bits per heavy atom. The number of unbranched alkanes of at least 4 members (excludes halogenated alkanes) is 24. The van der Waals surface area contributed by atoms with Crippen molar-refractivity contribution in [2.24, 2.45) is 0 Å². The third kappa shape index (κ3) is 30.1. The van der Waals surface area contributed by atoms with Crippen molar-refractivity contribution < 1.29 is 14.4 Å². The summed E-state index contributed by atoms with van der Waals surface area (Å²) in [7, 11) is -3.76. The molecule has 2 N–H and O–H groups in total. The molecule has 0 heterocycles. The van der Waals surface area contributed by atoms with Crippen molar-refractivity contribution in [3.05, 3.63) is 0 Å². The van der Waals surface area contributed by atoms with Crippen molar-refractivity contribution in [2.45, 2.75) is 167 Å². The monoisotopic (exact) mass is 460 g/mol. The first-order chi connectivity index (χ1) is 15.1. The number of rotatable bonds is 26. The molecule has 3 nitrogen and oxygen atoms in total. The lowest BCUT2D eigenvalue weighted by Crippen LogP contribution is -1.88. The molecule has 0 saturated heterocycles. The summed E-state index contributed by atoms with van der Waals surface area (Å²) >= 11 is 0. The van der Waals surface area contributed by atoms with E-state index in [-0.39, 0.29) is 6.16 Å². The largest absolute Gasteiger partial charge is 0.325 e. The topological polar surface area (TPSA) is 57.5 Å². The minimum absolute atomic E-state index is 0.0618. The van der Waals surface area contributed by atoms with Gasteiger partial charge in [0.2, 0.25) is 0 Å². The van der Waals surface area contributed by atoms with Crippen LogP contribution in [0.25, 0.3) is 0 Å². The second kappa shape index (κ2) is 24.8. The Morgan fingerprint density at radius 1 is 0.387 bits per heavy atom. The predicted octanol–water partition coefficient (Wildman–Crippen LogP) is 9.94. The fraction of sp³-hybridized carbons (Fsp3) is 1.00. The summed E-state index contributed by atoms with van der Waals surface area (Å²) in [5.41, 5.74) is 0. The quantitative estimate of drug-likeness (QED) is 0.0997. The molecule has 0 spiro atoms. The normalized spacial score (nSPS) is 12.0. The van der Waals surface area contributed by atoms with Crippen LogP contribution in [0.4, 0.5) is 0 Å². The third-order valence-corrected chi connectivity index (χ3v) is 7.45. The van der Waals surface area contributed by atoms with E-state index in [1.54, 1.807) is 0 Å². The summed E-state index contributed by atoms with van der Waals surface area (Å²) in [5.74, 6) is 0. The van der Waals surface area contributed by atoms with Crippen LogP contribution in [0.3, 0.4) is 0 Å². The van der Waals surface area contributed by atoms with Gasteiger partial charge in [0.25, 0.3) is 0 Å². The summed E-state index contributed by atoms with van der Waals surface area (Å²) in [6.07, 6.45) is 33.9. The highest BCUT2D eigenvalue weighted by atomic mass is 31.2. The number of hydrogen-bond acceptors (Lipinski definition) is 1. The van der Waals surface area contributed by atoms with Crippen molar-refractivity contribution in [3.63, 3.8) is 0 Å². The molecule has 0 aromatic rings. The second-order valence-electron chi connectivity index (χ2n) is 9.87. The Hall–Kier alpha value is 0.150. The Labute approximate surface area is 195 Å². The van der Waals surface area contributed by atoms with Gasteiger partial charge in [-0.15, -0.1) is 0 Å². The first-order valence-corrected chi connectivity index (χ1v) is 15.9. The van der Waals surface area contributed by atoms with Gasteiger partial charge in [-0.3, -0.25) is 4.57 Å². The van der Waals surface area contributed by atoms with Gasteiger partial charge in [-0.05, 0) is 6.42 Å². The van der Waals surface area contributed by atoms with Crippen LogP contribution in [-0.4, -0.2) is 15.9 Å². The maximum absolute atomic E-state index is 10.8. The molecule has 0 amide bonds. The fourth-order valence-electron chi connectivity index (χ4n) is 4.46. The Bertz CT molecular complexity index is 381. The van der Waals surface area contributed by atoms with Crippen LogP contribution in [0.1, 0.15) is 167 Å². The molecule has 0 atom stereocenters. The molecular weight excluding hydrogens is 403 g/mol. The average molecular weight is 461 g/mol. The van der Waals surface area contributed by atoms with Crippen LogP contribution in [0.15, 0.2) is 0 Å². The van der Waals surface area contributed by atoms with Gasteiger partial charge in [-0.2, -0.15) is 0 Å². The zero-order valence-electron chi connectivity index (χ0n) is 21.1. The van der Waals surface area contributed by atoms with Crippen LogP contribution >= 0.6 is 7.60 Å². The van der Waals surface area contributed by atoms with E-state index in [9.17, 15) is 4.57 Å². The zero-order chi connectivity index (χ0) is 22.9. The molecule has 0 bridgehead atoms. The smallest absolute Gasteiger partial charge is 0.324 e. The SMILES string of the molecule is CCCCCCCCCCCCCCCCCCCCCCCCCCCP(=O)(O)O. The molecule has 31 heavy (non-hydrogen) atoms. The molecule has 0 saturated carbocycles. The molecule has 0 fully saturated rings. The van der Waals surface area contributed by atoms with Crippen LogP contribution in [-0.2, 0) is 4.57 Å². The maximum Gasteiger partial charge on any atom is 0.325 e. The van der Waals surface area contributed by atoms with Crippen molar-refractivity contribution in [1.82, 2.24) is 0 Å². The zero-order valence-corrected chi connectivity index (χ0v) is 22.0. The highest BCUT2D eigenvalue weighted by molar-refractivity contribution is 7.51. The van der Waals surface area contributed by atoms with Gasteiger partial charge in [-0.1, -0.05) is 161 Å². The summed E-state index contributed by atoms with van der Waals surface area (Å²) in [4.78, 5) is 17.6. The summed E-state index contributed by atoms with van der Waals surface area (Å²) < 4.78 is 10.8. The highest BCUT2D eigenvalue weighted by Crippen LogP contribution is 2.35. The van der Waals surface area contributed by atoms with Gasteiger partial charge < -0.3 is 9.79 Å². The summed E-state index contributed by atoms with van der Waals surface area (Å²) in [6, 6.07) is 0. The van der Waals surface area contributed by atoms with Crippen LogP contribution in [0.5, 0.6) is 0 Å². The van der Waals surface area contributed by atoms with E-state index in [0.717, 1.165) is 12.8 Å². The highest BCUT2D eigenvalue weighted by Gasteiger charge is 2.10. The molecule has 0 aromatic heterocycles. The van der Waals surface area contributed by atoms with Gasteiger partial charge in [-0.25, -0.2) is 0 Å². The molecule has 0 rings (SSSR count). The predicted molar refractivity (Wildman–Crippen MR) is 138 cm³/mol. The second-order valence-corrected chi connectivity index (χ2v) is 11.7. The minimum Gasteiger partial charge on any atom is -0.324 e. The minimum atomic E-state index is -3.76. The van der Waals surface area contributed by atoms with Crippen molar-refractivity contribution >= 4 is 7.60 Å². The molecule has 0 aliphatic carbocycles. The van der Waals surface area contributed by atoms with Gasteiger partial charge in [0.1, 0.15) is 0 Å². The fourth-order valence-corrected chi connectivity index (χ4v) is 5.09. The van der Waals surface area contributed by atoms with Crippen molar-refractivity contribution in [3.8, 4) is 0 Å². The van der Waals surface area contributed by atoms with E-state index in [2.05, 4.69) is 6.92 Å². The van der Waals surface area contributed by atoms with E-state index in [4.69, 9.17) is 9.79 Å². The van der Waals surface area contributed by atoms with Crippen molar-refractivity contribution in [1.29, 1.82) is 0 Å². The lowest BCUT2D eigenvalue weighted by Gasteiger charge is -2.05. The van der Waals surface area contributed by atoms with Gasteiger partial charge in [0, 0.05) is 6.16 Å². The summed E-state index contributed by atoms with van der Waals surface area (Å²) in [6.45, 7) is 2.29. The molecule has 0 radical (unpaired) electrons. The van der Waals surface area contributed by atoms with Crippen LogP contribution in [0, 0.1) is 0 Å². The lowest BCUT2D eigenvalue weighted by atomic mass is 10.0. The lowest BCUT2D eigenvalue weighted by molar-refractivity contribution is 0.370. The summed E-state index contributed by atoms with van der Waals surface area (Å²) in [5, 5.41) is 0. The first-order valence-electron chi connectivity index (χ1n) is 14.1. The molecule has 0 unspecified atom stereocenters. The average Bonchev–Trinajstić information content (AvgIpc) is 2.73. The van der Waals surface area contributed by atoms with Gasteiger partial charge in [0.05, 0.1) is 0 Å². The van der Waals surface area contributed by atoms with E-state index >= 15 is 0 Å². The van der Waals surface area contributed by atoms with E-state index in [1.807, 2.05) is 0 Å². The molecule has 0 aromatic carbocycles. The van der Waals surface area contributed by atoms with E-state index in [1.165, 1.54) is 141 Å². The Morgan fingerprint density at radius 2 is 0.581 bits per heavy atom. The molecule has 188 valence electrons. The first kappa shape index (κ1) is 31.1. The maximum atomic E-state index is 10.8. The molecule has 0 aliphatic rings. The molecular formula is C27H57O3P. The van der Waals surface area contributed by atoms with Crippen molar-refractivity contribution in [2.75, 3.05) is 6.16 Å². The van der Waals surface area contributed by atoms with Gasteiger partial charge in [0.15, 0.2) is 0 Å².